The van der Waals surface area contributed by atoms with Gasteiger partial charge in [0.15, 0.2) is 0 Å². The molecule has 1 unspecified atom stereocenters. The van der Waals surface area contributed by atoms with Crippen molar-refractivity contribution >= 4 is 5.97 Å². The average Bonchev–Trinajstić information content (AvgIpc) is 2.24. The van der Waals surface area contributed by atoms with Crippen molar-refractivity contribution in [1.29, 1.82) is 0 Å². The van der Waals surface area contributed by atoms with Gasteiger partial charge in [0.2, 0.25) is 0 Å². The number of unbranched alkanes of at least 4 members (excludes halogenated alkanes) is 4. The van der Waals surface area contributed by atoms with Crippen LogP contribution in [0.3, 0.4) is 0 Å². The summed E-state index contributed by atoms with van der Waals surface area (Å²) in [7, 11) is 0. The zero-order valence-corrected chi connectivity index (χ0v) is 10.6. The van der Waals surface area contributed by atoms with Crippen LogP contribution in [0.5, 0.6) is 0 Å². The van der Waals surface area contributed by atoms with Crippen molar-refractivity contribution in [2.24, 2.45) is 5.92 Å². The maximum Gasteiger partial charge on any atom is 0.308 e. The highest BCUT2D eigenvalue weighted by molar-refractivity contribution is 5.71. The van der Waals surface area contributed by atoms with Crippen LogP contribution in [0, 0.1) is 5.92 Å². The fourth-order valence-corrected chi connectivity index (χ4v) is 1.49. The van der Waals surface area contributed by atoms with Gasteiger partial charge in [-0.25, -0.2) is 0 Å². The van der Waals surface area contributed by atoms with Crippen molar-refractivity contribution < 1.29 is 9.53 Å². The number of ether oxygens (including phenoxy) is 1. The molecule has 15 heavy (non-hydrogen) atoms. The van der Waals surface area contributed by atoms with Crippen LogP contribution in [0.15, 0.2) is 0 Å². The molecular weight excluding hydrogens is 188 g/mol. The second-order valence-electron chi connectivity index (χ2n) is 4.27. The Bertz CT molecular complexity index is 155. The van der Waals surface area contributed by atoms with E-state index in [0.717, 1.165) is 25.7 Å². The molecule has 0 spiro atoms. The van der Waals surface area contributed by atoms with E-state index in [0.29, 0.717) is 6.61 Å². The maximum absolute atomic E-state index is 11.5. The first-order valence-corrected chi connectivity index (χ1v) is 6.39. The van der Waals surface area contributed by atoms with E-state index >= 15 is 0 Å². The van der Waals surface area contributed by atoms with Gasteiger partial charge >= 0.3 is 5.97 Å². The first-order chi connectivity index (χ1) is 7.22. The maximum atomic E-state index is 11.5. The number of hydrogen-bond donors (Lipinski definition) is 0. The van der Waals surface area contributed by atoms with Crippen LogP contribution in [0.4, 0.5) is 0 Å². The van der Waals surface area contributed by atoms with Crippen LogP contribution >= 0.6 is 0 Å². The lowest BCUT2D eigenvalue weighted by Crippen LogP contribution is -2.15. The summed E-state index contributed by atoms with van der Waals surface area (Å²) in [5, 5.41) is 0. The van der Waals surface area contributed by atoms with Crippen molar-refractivity contribution in [2.45, 2.75) is 65.7 Å². The molecule has 0 heterocycles. The van der Waals surface area contributed by atoms with E-state index < -0.39 is 0 Å². The molecule has 0 rings (SSSR count). The summed E-state index contributed by atoms with van der Waals surface area (Å²) in [6.07, 6.45) is 7.86. The van der Waals surface area contributed by atoms with Gasteiger partial charge < -0.3 is 4.74 Å². The molecule has 0 aliphatic rings. The number of hydrogen-bond acceptors (Lipinski definition) is 2. The Hall–Kier alpha value is -0.530. The van der Waals surface area contributed by atoms with Gasteiger partial charge in [-0.2, -0.15) is 0 Å². The highest BCUT2D eigenvalue weighted by atomic mass is 16.5. The monoisotopic (exact) mass is 214 g/mol. The molecule has 0 radical (unpaired) electrons. The Morgan fingerprint density at radius 3 is 2.27 bits per heavy atom. The van der Waals surface area contributed by atoms with Crippen LogP contribution < -0.4 is 0 Å². The summed E-state index contributed by atoms with van der Waals surface area (Å²) < 4.78 is 5.20. The smallest absolute Gasteiger partial charge is 0.308 e. The highest BCUT2D eigenvalue weighted by Gasteiger charge is 2.13. The Balaban J connectivity index is 3.42. The fourth-order valence-electron chi connectivity index (χ4n) is 1.49. The molecule has 0 saturated carbocycles. The van der Waals surface area contributed by atoms with E-state index in [9.17, 15) is 4.79 Å². The third-order valence-electron chi connectivity index (χ3n) is 2.64. The summed E-state index contributed by atoms with van der Waals surface area (Å²) in [6, 6.07) is 0. The Kier molecular flexibility index (Phi) is 9.65. The van der Waals surface area contributed by atoms with Crippen molar-refractivity contribution in [3.05, 3.63) is 0 Å². The fraction of sp³-hybridized carbons (Fsp3) is 0.923. The van der Waals surface area contributed by atoms with Gasteiger partial charge in [0.05, 0.1) is 12.5 Å². The summed E-state index contributed by atoms with van der Waals surface area (Å²) in [5.41, 5.74) is 0. The Morgan fingerprint density at radius 1 is 1.07 bits per heavy atom. The lowest BCUT2D eigenvalue weighted by Gasteiger charge is -2.10. The first-order valence-electron chi connectivity index (χ1n) is 6.39. The Labute approximate surface area is 94.4 Å². The minimum absolute atomic E-state index is 0.0118. The van der Waals surface area contributed by atoms with Crippen LogP contribution in [-0.4, -0.2) is 12.6 Å². The average molecular weight is 214 g/mol. The van der Waals surface area contributed by atoms with E-state index in [1.165, 1.54) is 19.3 Å². The molecule has 2 nitrogen and oxygen atoms in total. The summed E-state index contributed by atoms with van der Waals surface area (Å²) in [6.45, 7) is 6.89. The molecule has 0 fully saturated rings. The molecule has 0 bridgehead atoms. The summed E-state index contributed by atoms with van der Waals surface area (Å²) >= 11 is 0. The van der Waals surface area contributed by atoms with Crippen LogP contribution in [0.2, 0.25) is 0 Å². The van der Waals surface area contributed by atoms with Gasteiger partial charge in [-0.15, -0.1) is 0 Å². The van der Waals surface area contributed by atoms with Gasteiger partial charge in [0.25, 0.3) is 0 Å². The molecule has 2 heteroatoms. The highest BCUT2D eigenvalue weighted by Crippen LogP contribution is 2.11. The molecule has 0 aliphatic carbocycles. The zero-order chi connectivity index (χ0) is 11.5. The second-order valence-corrected chi connectivity index (χ2v) is 4.27. The molecule has 0 saturated heterocycles. The third kappa shape index (κ3) is 8.46. The minimum atomic E-state index is -0.0118. The van der Waals surface area contributed by atoms with E-state index in [2.05, 4.69) is 13.8 Å². The zero-order valence-electron chi connectivity index (χ0n) is 10.6. The number of carbonyl (C=O) groups is 1. The predicted molar refractivity (Wildman–Crippen MR) is 63.8 cm³/mol. The van der Waals surface area contributed by atoms with E-state index in [4.69, 9.17) is 4.74 Å². The second kappa shape index (κ2) is 10.0. The van der Waals surface area contributed by atoms with Gasteiger partial charge in [0.1, 0.15) is 0 Å². The lowest BCUT2D eigenvalue weighted by atomic mass is 10.0. The van der Waals surface area contributed by atoms with Crippen molar-refractivity contribution in [3.63, 3.8) is 0 Å². The molecule has 0 aromatic heterocycles. The van der Waals surface area contributed by atoms with Crippen molar-refractivity contribution in [1.82, 2.24) is 0 Å². The SMILES string of the molecule is CCCCCOC(=O)C(C)CCCCC. The molecular formula is C13H26O2. The predicted octanol–water partition coefficient (Wildman–Crippen LogP) is 3.94. The normalized spacial score (nSPS) is 12.5. The first kappa shape index (κ1) is 14.5. The standard InChI is InChI=1S/C13H26O2/c1-4-6-8-10-12(3)13(14)15-11-9-7-5-2/h12H,4-11H2,1-3H3. The topological polar surface area (TPSA) is 26.3 Å². The molecule has 0 aromatic carbocycles. The number of esters is 1. The molecule has 0 N–H and O–H groups in total. The van der Waals surface area contributed by atoms with Crippen LogP contribution in [-0.2, 0) is 9.53 Å². The largest absolute Gasteiger partial charge is 0.465 e. The molecule has 1 atom stereocenters. The van der Waals surface area contributed by atoms with Crippen LogP contribution in [0.1, 0.15) is 65.7 Å². The third-order valence-corrected chi connectivity index (χ3v) is 2.64. The van der Waals surface area contributed by atoms with Gasteiger partial charge in [-0.1, -0.05) is 52.9 Å². The minimum Gasteiger partial charge on any atom is -0.465 e. The van der Waals surface area contributed by atoms with Crippen molar-refractivity contribution in [2.75, 3.05) is 6.61 Å². The van der Waals surface area contributed by atoms with E-state index in [1.807, 2.05) is 6.92 Å². The van der Waals surface area contributed by atoms with Crippen LogP contribution in [0.25, 0.3) is 0 Å². The van der Waals surface area contributed by atoms with Crippen molar-refractivity contribution in [3.8, 4) is 0 Å². The number of rotatable bonds is 9. The molecule has 90 valence electrons. The quantitative estimate of drug-likeness (QED) is 0.429. The Morgan fingerprint density at radius 2 is 1.67 bits per heavy atom. The van der Waals surface area contributed by atoms with E-state index in [1.54, 1.807) is 0 Å². The van der Waals surface area contributed by atoms with Gasteiger partial charge in [-0.05, 0) is 12.8 Å². The molecule has 0 aromatic rings. The summed E-state index contributed by atoms with van der Waals surface area (Å²) in [5.74, 6) is 0.0698. The van der Waals surface area contributed by atoms with Gasteiger partial charge in [0, 0.05) is 0 Å². The molecule has 0 aliphatic heterocycles. The lowest BCUT2D eigenvalue weighted by molar-refractivity contribution is -0.148. The summed E-state index contributed by atoms with van der Waals surface area (Å²) in [4.78, 5) is 11.5. The van der Waals surface area contributed by atoms with Gasteiger partial charge in [-0.3, -0.25) is 4.79 Å². The number of carbonyl (C=O) groups excluding carboxylic acids is 1. The molecule has 0 amide bonds. The van der Waals surface area contributed by atoms with E-state index in [-0.39, 0.29) is 11.9 Å².